The van der Waals surface area contributed by atoms with Gasteiger partial charge in [0.2, 0.25) is 0 Å². The maximum absolute atomic E-state index is 12.7. The molecule has 1 N–H and O–H groups in total. The molecule has 2 rings (SSSR count). The van der Waals surface area contributed by atoms with Crippen LogP contribution in [0.3, 0.4) is 0 Å². The Morgan fingerprint density at radius 3 is 2.36 bits per heavy atom. The van der Waals surface area contributed by atoms with Gasteiger partial charge in [-0.1, -0.05) is 48.7 Å². The lowest BCUT2D eigenvalue weighted by atomic mass is 10.0. The van der Waals surface area contributed by atoms with Crippen LogP contribution in [0.15, 0.2) is 48.5 Å². The van der Waals surface area contributed by atoms with Gasteiger partial charge in [-0.25, -0.2) is 5.71 Å². The molecule has 0 aliphatic carbocycles. The van der Waals surface area contributed by atoms with Crippen molar-refractivity contribution < 1.29 is 9.67 Å². The van der Waals surface area contributed by atoms with Crippen LogP contribution < -0.4 is 5.30 Å². The highest BCUT2D eigenvalue weighted by Gasteiger charge is 2.27. The number of para-hydroxylation sites is 1. The average Bonchev–Trinajstić information content (AvgIpc) is 2.47. The predicted molar refractivity (Wildman–Crippen MR) is 93.5 cm³/mol. The third-order valence-corrected chi connectivity index (χ3v) is 5.37. The normalized spacial score (nSPS) is 12.7. The number of phenolic OH excluding ortho intramolecular Hbond substituents is 1. The third-order valence-electron chi connectivity index (χ3n) is 3.49. The van der Waals surface area contributed by atoms with Crippen LogP contribution in [0.1, 0.15) is 20.3 Å². The summed E-state index contributed by atoms with van der Waals surface area (Å²) in [6.07, 6.45) is 1.07. The van der Waals surface area contributed by atoms with Gasteiger partial charge in [0.05, 0.1) is 0 Å². The fourth-order valence-electron chi connectivity index (χ4n) is 2.57. The van der Waals surface area contributed by atoms with E-state index in [2.05, 4.69) is 0 Å². The summed E-state index contributed by atoms with van der Waals surface area (Å²) in [6, 6.07) is 14.5. The second kappa shape index (κ2) is 7.33. The van der Waals surface area contributed by atoms with Gasteiger partial charge in [-0.05, 0) is 24.6 Å². The van der Waals surface area contributed by atoms with Crippen molar-refractivity contribution in [3.8, 4) is 16.9 Å². The van der Waals surface area contributed by atoms with E-state index in [0.29, 0.717) is 23.9 Å². The number of rotatable bonds is 6. The zero-order chi connectivity index (χ0) is 16.1. The maximum atomic E-state index is 12.7. The number of hydrogen-bond donors (Lipinski definition) is 1. The van der Waals surface area contributed by atoms with Gasteiger partial charge >= 0.3 is 7.80 Å². The van der Waals surface area contributed by atoms with Crippen molar-refractivity contribution in [2.45, 2.75) is 20.3 Å². The molecular formula is C18H20NO2P. The highest BCUT2D eigenvalue weighted by Crippen LogP contribution is 2.34. The molecule has 2 atom stereocenters. The monoisotopic (exact) mass is 313 g/mol. The smallest absolute Gasteiger partial charge is 0.377 e. The van der Waals surface area contributed by atoms with Gasteiger partial charge in [-0.15, -0.1) is 0 Å². The van der Waals surface area contributed by atoms with E-state index >= 15 is 0 Å². The highest BCUT2D eigenvalue weighted by molar-refractivity contribution is 7.53. The predicted octanol–water partition coefficient (Wildman–Crippen LogP) is 4.57. The molecule has 0 spiro atoms. The second-order valence-electron chi connectivity index (χ2n) is 5.64. The number of benzene rings is 2. The van der Waals surface area contributed by atoms with Crippen molar-refractivity contribution in [3.05, 3.63) is 53.9 Å². The molecule has 0 fully saturated rings. The molecule has 0 aliphatic heterocycles. The van der Waals surface area contributed by atoms with Crippen molar-refractivity contribution in [2.24, 2.45) is 5.92 Å². The van der Waals surface area contributed by atoms with Crippen LogP contribution in [-0.4, -0.2) is 17.0 Å². The summed E-state index contributed by atoms with van der Waals surface area (Å²) in [4.78, 5) is 0. The van der Waals surface area contributed by atoms with Gasteiger partial charge in [0.25, 0.3) is 0 Å². The molecule has 114 valence electrons. The fraction of sp³-hybridized carbons (Fsp3) is 0.278. The second-order valence-corrected chi connectivity index (χ2v) is 7.24. The topological polar surface area (TPSA) is 59.6 Å². The standard InChI is InChI=1S/C18H20NO2P/c1-13(11-14(2)19)12-22(21)18-10-6-4-8-16(18)15-7-3-5-9-17(15)20/h3-10,13,20H,11-12H2,1-2H3. The van der Waals surface area contributed by atoms with Gasteiger partial charge in [0, 0.05) is 17.0 Å². The lowest BCUT2D eigenvalue weighted by molar-refractivity contribution is 0.477. The summed E-state index contributed by atoms with van der Waals surface area (Å²) in [6.45, 7) is 3.65. The molecule has 22 heavy (non-hydrogen) atoms. The first-order valence-electron chi connectivity index (χ1n) is 7.32. The first kappa shape index (κ1) is 16.4. The highest BCUT2D eigenvalue weighted by atomic mass is 31.1. The molecular weight excluding hydrogens is 293 g/mol. The van der Waals surface area contributed by atoms with Crippen LogP contribution in [-0.2, 0) is 4.57 Å². The van der Waals surface area contributed by atoms with Crippen LogP contribution in [0.25, 0.3) is 16.5 Å². The van der Waals surface area contributed by atoms with Crippen molar-refractivity contribution >= 4 is 18.8 Å². The summed E-state index contributed by atoms with van der Waals surface area (Å²) < 4.78 is 12.7. The largest absolute Gasteiger partial charge is 0.811 e. The Morgan fingerprint density at radius 2 is 1.73 bits per heavy atom. The molecule has 2 unspecified atom stereocenters. The molecule has 0 saturated carbocycles. The minimum absolute atomic E-state index is 0.144. The lowest BCUT2D eigenvalue weighted by Gasteiger charge is -2.10. The Hall–Kier alpha value is -1.99. The van der Waals surface area contributed by atoms with Crippen LogP contribution >= 0.6 is 7.80 Å². The van der Waals surface area contributed by atoms with E-state index in [9.17, 15) is 15.1 Å². The number of phenols is 1. The molecule has 0 aromatic heterocycles. The quantitative estimate of drug-likeness (QED) is 0.627. The van der Waals surface area contributed by atoms with Gasteiger partial charge in [-0.3, -0.25) is 0 Å². The summed E-state index contributed by atoms with van der Waals surface area (Å²) in [5, 5.41) is 20.2. The van der Waals surface area contributed by atoms with E-state index in [0.717, 1.165) is 10.9 Å². The Morgan fingerprint density at radius 1 is 1.14 bits per heavy atom. The van der Waals surface area contributed by atoms with Crippen LogP contribution in [0.5, 0.6) is 5.75 Å². The van der Waals surface area contributed by atoms with Crippen molar-refractivity contribution in [1.82, 2.24) is 0 Å². The molecule has 3 nitrogen and oxygen atoms in total. The SMILES string of the molecule is CC(=[N-])CC(C)C[P+](=O)c1ccccc1-c1ccccc1O. The summed E-state index contributed by atoms with van der Waals surface area (Å²) in [7, 11) is -1.59. The average molecular weight is 313 g/mol. The Balaban J connectivity index is 2.31. The van der Waals surface area contributed by atoms with E-state index in [1.54, 1.807) is 19.1 Å². The number of hydrogen-bond acceptors (Lipinski definition) is 2. The molecule has 4 heteroatoms. The third kappa shape index (κ3) is 4.02. The van der Waals surface area contributed by atoms with Crippen LogP contribution in [0, 0.1) is 5.92 Å². The van der Waals surface area contributed by atoms with Gasteiger partial charge in [-0.2, -0.15) is 0 Å². The summed E-state index contributed by atoms with van der Waals surface area (Å²) in [5.74, 6) is 0.331. The van der Waals surface area contributed by atoms with Crippen LogP contribution in [0.4, 0.5) is 0 Å². The van der Waals surface area contributed by atoms with Crippen molar-refractivity contribution in [2.75, 3.05) is 6.16 Å². The maximum Gasteiger partial charge on any atom is 0.377 e. The van der Waals surface area contributed by atoms with E-state index in [1.165, 1.54) is 0 Å². The van der Waals surface area contributed by atoms with E-state index < -0.39 is 7.80 Å². The zero-order valence-electron chi connectivity index (χ0n) is 12.9. The lowest BCUT2D eigenvalue weighted by Crippen LogP contribution is -2.09. The molecule has 0 heterocycles. The summed E-state index contributed by atoms with van der Waals surface area (Å²) >= 11 is 0. The molecule has 2 aromatic rings. The first-order valence-corrected chi connectivity index (χ1v) is 8.77. The van der Waals surface area contributed by atoms with Crippen molar-refractivity contribution in [1.29, 1.82) is 0 Å². The number of nitrogens with zero attached hydrogens (tertiary/aromatic N) is 1. The fourth-order valence-corrected chi connectivity index (χ4v) is 4.18. The minimum atomic E-state index is -1.59. The van der Waals surface area contributed by atoms with Gasteiger partial charge < -0.3 is 10.5 Å². The van der Waals surface area contributed by atoms with Gasteiger partial charge in [0.1, 0.15) is 5.75 Å². The van der Waals surface area contributed by atoms with E-state index in [1.807, 2.05) is 43.3 Å². The Bertz CT molecular complexity index is 697. The van der Waals surface area contributed by atoms with E-state index in [-0.39, 0.29) is 11.7 Å². The Kier molecular flexibility index (Phi) is 5.46. The minimum Gasteiger partial charge on any atom is -0.811 e. The zero-order valence-corrected chi connectivity index (χ0v) is 13.8. The first-order chi connectivity index (χ1) is 10.5. The van der Waals surface area contributed by atoms with Gasteiger partial charge in [0.15, 0.2) is 11.5 Å². The van der Waals surface area contributed by atoms with Crippen LogP contribution in [0.2, 0.25) is 0 Å². The summed E-state index contributed by atoms with van der Waals surface area (Å²) in [5.41, 5.74) is 1.86. The molecule has 0 bridgehead atoms. The molecule has 2 aromatic carbocycles. The molecule has 0 radical (unpaired) electrons. The van der Waals surface area contributed by atoms with Crippen molar-refractivity contribution in [3.63, 3.8) is 0 Å². The number of aromatic hydroxyl groups is 1. The van der Waals surface area contributed by atoms with E-state index in [4.69, 9.17) is 0 Å². The molecule has 0 aliphatic rings. The molecule has 0 saturated heterocycles. The molecule has 0 amide bonds. The Labute approximate surface area is 132 Å².